The molecular weight excluding hydrogens is 360 g/mol. The van der Waals surface area contributed by atoms with Crippen LogP contribution < -0.4 is 21.3 Å². The number of sulfonamides is 1. The van der Waals surface area contributed by atoms with Crippen LogP contribution in [0.3, 0.4) is 0 Å². The second-order valence-electron chi connectivity index (χ2n) is 5.18. The van der Waals surface area contributed by atoms with Gasteiger partial charge in [-0.1, -0.05) is 30.3 Å². The zero-order valence-electron chi connectivity index (χ0n) is 13.2. The Labute approximate surface area is 151 Å². The van der Waals surface area contributed by atoms with Crippen molar-refractivity contribution in [3.8, 4) is 0 Å². The topological polar surface area (TPSA) is 113 Å². The molecule has 0 unspecified atom stereocenters. The zero-order chi connectivity index (χ0) is 18.3. The largest absolute Gasteiger partial charge is 0.331 e. The van der Waals surface area contributed by atoms with E-state index in [0.29, 0.717) is 18.5 Å². The van der Waals surface area contributed by atoms with E-state index in [2.05, 4.69) is 16.2 Å². The van der Waals surface area contributed by atoms with Gasteiger partial charge in [0.05, 0.1) is 4.90 Å². The molecule has 25 heavy (non-hydrogen) atoms. The minimum atomic E-state index is -3.73. The summed E-state index contributed by atoms with van der Waals surface area (Å²) in [4.78, 5) is 11.8. The lowest BCUT2D eigenvalue weighted by molar-refractivity contribution is -0.121. The highest BCUT2D eigenvalue weighted by atomic mass is 32.2. The molecule has 0 aliphatic heterocycles. The number of amides is 1. The molecule has 0 aromatic heterocycles. The molecule has 0 heterocycles. The Morgan fingerprint density at radius 3 is 2.24 bits per heavy atom. The second-order valence-corrected chi connectivity index (χ2v) is 7.15. The van der Waals surface area contributed by atoms with Gasteiger partial charge in [0.2, 0.25) is 15.9 Å². The maximum Gasteiger partial charge on any atom is 0.238 e. The van der Waals surface area contributed by atoms with Crippen LogP contribution in [0.4, 0.5) is 5.69 Å². The van der Waals surface area contributed by atoms with Crippen molar-refractivity contribution < 1.29 is 13.2 Å². The number of primary sulfonamides is 1. The normalized spacial score (nSPS) is 10.8. The van der Waals surface area contributed by atoms with Gasteiger partial charge in [-0.25, -0.2) is 13.6 Å². The molecule has 0 fully saturated rings. The van der Waals surface area contributed by atoms with Crippen molar-refractivity contribution in [1.82, 2.24) is 10.9 Å². The summed E-state index contributed by atoms with van der Waals surface area (Å²) in [6.45, 7) is 0. The van der Waals surface area contributed by atoms with Crippen LogP contribution in [-0.2, 0) is 21.2 Å². The van der Waals surface area contributed by atoms with Gasteiger partial charge < -0.3 is 5.32 Å². The number of hydrogen-bond acceptors (Lipinski definition) is 4. The van der Waals surface area contributed by atoms with E-state index in [9.17, 15) is 13.2 Å². The van der Waals surface area contributed by atoms with Gasteiger partial charge in [0.25, 0.3) is 0 Å². The Bertz CT molecular complexity index is 837. The maximum absolute atomic E-state index is 11.8. The van der Waals surface area contributed by atoms with Gasteiger partial charge in [-0.3, -0.25) is 15.6 Å². The number of nitrogens with two attached hydrogens (primary N) is 1. The zero-order valence-corrected chi connectivity index (χ0v) is 14.9. The highest BCUT2D eigenvalue weighted by molar-refractivity contribution is 7.89. The standard InChI is InChI=1S/C16H18N4O3S2/c17-25(22,23)14-9-7-13(8-10-14)18-16(24)20-19-15(21)11-6-12-4-2-1-3-5-12/h1-5,7-10H,6,11H2,(H,19,21)(H2,17,22,23)(H2,18,20,24). The summed E-state index contributed by atoms with van der Waals surface area (Å²) >= 11 is 5.06. The van der Waals surface area contributed by atoms with Gasteiger partial charge in [0.1, 0.15) is 0 Å². The minimum Gasteiger partial charge on any atom is -0.331 e. The predicted molar refractivity (Wildman–Crippen MR) is 100 cm³/mol. The summed E-state index contributed by atoms with van der Waals surface area (Å²) < 4.78 is 22.4. The van der Waals surface area contributed by atoms with E-state index < -0.39 is 10.0 Å². The monoisotopic (exact) mass is 378 g/mol. The van der Waals surface area contributed by atoms with Crippen LogP contribution in [0.15, 0.2) is 59.5 Å². The van der Waals surface area contributed by atoms with Crippen molar-refractivity contribution in [1.29, 1.82) is 0 Å². The smallest absolute Gasteiger partial charge is 0.238 e. The molecule has 0 aliphatic rings. The lowest BCUT2D eigenvalue weighted by Crippen LogP contribution is -2.43. The lowest BCUT2D eigenvalue weighted by atomic mass is 10.1. The van der Waals surface area contributed by atoms with Crippen molar-refractivity contribution in [2.45, 2.75) is 17.7 Å². The fraction of sp³-hybridized carbons (Fsp3) is 0.125. The molecule has 0 saturated carbocycles. The number of hydrogen-bond donors (Lipinski definition) is 4. The van der Waals surface area contributed by atoms with E-state index in [-0.39, 0.29) is 15.9 Å². The Kier molecular flexibility index (Phi) is 6.45. The molecule has 2 rings (SSSR count). The average Bonchev–Trinajstić information content (AvgIpc) is 2.59. The number of rotatable bonds is 5. The van der Waals surface area contributed by atoms with Gasteiger partial charge in [0, 0.05) is 12.1 Å². The van der Waals surface area contributed by atoms with Crippen LogP contribution in [0.2, 0.25) is 0 Å². The minimum absolute atomic E-state index is 0.00569. The summed E-state index contributed by atoms with van der Waals surface area (Å²) in [5, 5.41) is 8.02. The van der Waals surface area contributed by atoms with E-state index in [1.807, 2.05) is 30.3 Å². The van der Waals surface area contributed by atoms with Gasteiger partial charge in [-0.2, -0.15) is 0 Å². The number of thiocarbonyl (C=S) groups is 1. The number of aryl methyl sites for hydroxylation is 1. The van der Waals surface area contributed by atoms with Crippen molar-refractivity contribution in [2.75, 3.05) is 5.32 Å². The summed E-state index contributed by atoms with van der Waals surface area (Å²) in [7, 11) is -3.73. The summed E-state index contributed by atoms with van der Waals surface area (Å²) in [5.41, 5.74) is 6.73. The van der Waals surface area contributed by atoms with Crippen molar-refractivity contribution in [2.24, 2.45) is 5.14 Å². The van der Waals surface area contributed by atoms with E-state index >= 15 is 0 Å². The van der Waals surface area contributed by atoms with Gasteiger partial charge in [0.15, 0.2) is 5.11 Å². The van der Waals surface area contributed by atoms with Crippen LogP contribution in [0.25, 0.3) is 0 Å². The second kappa shape index (κ2) is 8.56. The molecule has 5 N–H and O–H groups in total. The van der Waals surface area contributed by atoms with Crippen LogP contribution >= 0.6 is 12.2 Å². The molecule has 0 saturated heterocycles. The van der Waals surface area contributed by atoms with Gasteiger partial charge >= 0.3 is 0 Å². The van der Waals surface area contributed by atoms with E-state index in [4.69, 9.17) is 17.4 Å². The van der Waals surface area contributed by atoms with Crippen LogP contribution in [0, 0.1) is 0 Å². The first-order valence-electron chi connectivity index (χ1n) is 7.37. The molecule has 9 heteroatoms. The average molecular weight is 378 g/mol. The summed E-state index contributed by atoms with van der Waals surface area (Å²) in [6, 6.07) is 15.4. The van der Waals surface area contributed by atoms with Crippen LogP contribution in [-0.4, -0.2) is 19.4 Å². The molecule has 0 aliphatic carbocycles. The van der Waals surface area contributed by atoms with E-state index in [1.54, 1.807) is 0 Å². The first-order chi connectivity index (χ1) is 11.8. The predicted octanol–water partition coefficient (Wildman–Crippen LogP) is 1.28. The first kappa shape index (κ1) is 18.8. The number of nitrogens with one attached hydrogen (secondary N) is 3. The Morgan fingerprint density at radius 2 is 1.64 bits per heavy atom. The molecule has 2 aromatic rings. The van der Waals surface area contributed by atoms with Gasteiger partial charge in [-0.15, -0.1) is 0 Å². The van der Waals surface area contributed by atoms with Crippen LogP contribution in [0.5, 0.6) is 0 Å². The maximum atomic E-state index is 11.8. The third-order valence-electron chi connectivity index (χ3n) is 3.24. The number of benzene rings is 2. The van der Waals surface area contributed by atoms with Crippen molar-refractivity contribution in [3.63, 3.8) is 0 Å². The molecule has 2 aromatic carbocycles. The van der Waals surface area contributed by atoms with E-state index in [1.165, 1.54) is 24.3 Å². The number of anilines is 1. The lowest BCUT2D eigenvalue weighted by Gasteiger charge is -2.12. The number of carbonyl (C=O) groups excluding carboxylic acids is 1. The quantitative estimate of drug-likeness (QED) is 0.460. The molecule has 7 nitrogen and oxygen atoms in total. The number of hydrazine groups is 1. The molecule has 0 radical (unpaired) electrons. The highest BCUT2D eigenvalue weighted by Gasteiger charge is 2.07. The third-order valence-corrected chi connectivity index (χ3v) is 4.37. The van der Waals surface area contributed by atoms with Gasteiger partial charge in [-0.05, 0) is 48.5 Å². The third kappa shape index (κ3) is 6.49. The van der Waals surface area contributed by atoms with E-state index in [0.717, 1.165) is 5.56 Å². The van der Waals surface area contributed by atoms with Crippen LogP contribution in [0.1, 0.15) is 12.0 Å². The molecule has 0 atom stereocenters. The Morgan fingerprint density at radius 1 is 1.00 bits per heavy atom. The highest BCUT2D eigenvalue weighted by Crippen LogP contribution is 2.12. The number of carbonyl (C=O) groups is 1. The fourth-order valence-electron chi connectivity index (χ4n) is 1.98. The Hall–Kier alpha value is -2.49. The molecule has 1 amide bonds. The molecule has 132 valence electrons. The first-order valence-corrected chi connectivity index (χ1v) is 9.33. The molecular formula is C16H18N4O3S2. The summed E-state index contributed by atoms with van der Waals surface area (Å²) in [5.74, 6) is -0.197. The molecule has 0 bridgehead atoms. The summed E-state index contributed by atoms with van der Waals surface area (Å²) in [6.07, 6.45) is 0.951. The Balaban J connectivity index is 1.75. The molecule has 0 spiro atoms. The van der Waals surface area contributed by atoms with Crippen molar-refractivity contribution in [3.05, 3.63) is 60.2 Å². The fourth-order valence-corrected chi connectivity index (χ4v) is 2.67. The SMILES string of the molecule is NS(=O)(=O)c1ccc(NC(=S)NNC(=O)CCc2ccccc2)cc1. The van der Waals surface area contributed by atoms with Crippen molar-refractivity contribution >= 4 is 38.9 Å².